The van der Waals surface area contributed by atoms with Crippen LogP contribution in [0.25, 0.3) is 10.9 Å². The first-order chi connectivity index (χ1) is 5.77. The van der Waals surface area contributed by atoms with Gasteiger partial charge >= 0.3 is 0 Å². The summed E-state index contributed by atoms with van der Waals surface area (Å²) >= 11 is 0. The Morgan fingerprint density at radius 2 is 1.77 bits per heavy atom. The van der Waals surface area contributed by atoms with Crippen molar-refractivity contribution in [1.82, 2.24) is 4.98 Å². The average molecular weight is 270 g/mol. The zero-order valence-electron chi connectivity index (χ0n) is 8.04. The van der Waals surface area contributed by atoms with Crippen molar-refractivity contribution in [2.75, 3.05) is 0 Å². The molecule has 1 aromatic heterocycles. The standard InChI is InChI=1S/C11H11N.Cd/c1-8-7-10-5-3-4-6-11(10)12-9(8)2;/h3-7H,1-2H3;. The van der Waals surface area contributed by atoms with Gasteiger partial charge in [0.25, 0.3) is 0 Å². The van der Waals surface area contributed by atoms with Crippen LogP contribution >= 0.6 is 0 Å². The smallest absolute Gasteiger partial charge is 0.0705 e. The first-order valence-electron chi connectivity index (χ1n) is 4.10. The third-order valence-electron chi connectivity index (χ3n) is 2.17. The van der Waals surface area contributed by atoms with Crippen molar-refractivity contribution in [3.8, 4) is 0 Å². The number of benzene rings is 1. The summed E-state index contributed by atoms with van der Waals surface area (Å²) < 4.78 is 0. The van der Waals surface area contributed by atoms with E-state index in [-0.39, 0.29) is 27.3 Å². The largest absolute Gasteiger partial charge is 0.253 e. The number of hydrogen-bond acceptors (Lipinski definition) is 1. The molecule has 0 N–H and O–H groups in total. The fourth-order valence-electron chi connectivity index (χ4n) is 1.32. The molecule has 13 heavy (non-hydrogen) atoms. The molecule has 2 aromatic rings. The van der Waals surface area contributed by atoms with E-state index in [0.717, 1.165) is 11.2 Å². The van der Waals surface area contributed by atoms with Gasteiger partial charge in [-0.1, -0.05) is 18.2 Å². The molecule has 0 fully saturated rings. The fourth-order valence-corrected chi connectivity index (χ4v) is 1.32. The van der Waals surface area contributed by atoms with E-state index in [9.17, 15) is 0 Å². The van der Waals surface area contributed by atoms with Gasteiger partial charge in [-0.3, -0.25) is 4.98 Å². The van der Waals surface area contributed by atoms with Gasteiger partial charge in [-0.15, -0.1) is 0 Å². The Kier molecular flexibility index (Phi) is 3.41. The van der Waals surface area contributed by atoms with E-state index in [0.29, 0.717) is 0 Å². The van der Waals surface area contributed by atoms with Crippen LogP contribution in [0.2, 0.25) is 0 Å². The molecule has 62 valence electrons. The minimum Gasteiger partial charge on any atom is -0.253 e. The molecular formula is C11H11CdN. The molecule has 0 aliphatic carbocycles. The molecule has 0 aliphatic rings. The van der Waals surface area contributed by atoms with Crippen LogP contribution in [0.4, 0.5) is 0 Å². The Morgan fingerprint density at radius 3 is 2.54 bits per heavy atom. The maximum absolute atomic E-state index is 4.48. The molecule has 0 bridgehead atoms. The Labute approximate surface area is 98.3 Å². The van der Waals surface area contributed by atoms with E-state index < -0.39 is 0 Å². The van der Waals surface area contributed by atoms with E-state index in [1.165, 1.54) is 10.9 Å². The van der Waals surface area contributed by atoms with Gasteiger partial charge in [0.05, 0.1) is 5.52 Å². The van der Waals surface area contributed by atoms with Gasteiger partial charge in [0.1, 0.15) is 0 Å². The van der Waals surface area contributed by atoms with Gasteiger partial charge in [-0.05, 0) is 31.5 Å². The summed E-state index contributed by atoms with van der Waals surface area (Å²) in [6.07, 6.45) is 0. The summed E-state index contributed by atoms with van der Waals surface area (Å²) in [6, 6.07) is 10.4. The molecule has 0 atom stereocenters. The number of para-hydroxylation sites is 1. The summed E-state index contributed by atoms with van der Waals surface area (Å²) in [5.74, 6) is 0. The van der Waals surface area contributed by atoms with Gasteiger partial charge in [0.15, 0.2) is 0 Å². The van der Waals surface area contributed by atoms with E-state index in [1.54, 1.807) is 0 Å². The van der Waals surface area contributed by atoms with Gasteiger partial charge in [0, 0.05) is 38.4 Å². The maximum Gasteiger partial charge on any atom is 0.0705 e. The molecule has 0 amide bonds. The van der Waals surface area contributed by atoms with Crippen LogP contribution in [-0.2, 0) is 27.3 Å². The third kappa shape index (κ3) is 2.07. The molecule has 1 aromatic carbocycles. The summed E-state index contributed by atoms with van der Waals surface area (Å²) in [6.45, 7) is 4.14. The predicted molar refractivity (Wildman–Crippen MR) is 51.2 cm³/mol. The van der Waals surface area contributed by atoms with Crippen molar-refractivity contribution in [3.63, 3.8) is 0 Å². The van der Waals surface area contributed by atoms with Gasteiger partial charge in [0.2, 0.25) is 0 Å². The first kappa shape index (κ1) is 10.6. The van der Waals surface area contributed by atoms with Gasteiger partial charge in [-0.2, -0.15) is 0 Å². The third-order valence-corrected chi connectivity index (χ3v) is 2.17. The molecule has 1 heterocycles. The second-order valence-corrected chi connectivity index (χ2v) is 3.08. The molecule has 0 saturated heterocycles. The molecule has 1 nitrogen and oxygen atoms in total. The van der Waals surface area contributed by atoms with Gasteiger partial charge < -0.3 is 0 Å². The van der Waals surface area contributed by atoms with Crippen molar-refractivity contribution in [3.05, 3.63) is 41.6 Å². The summed E-state index contributed by atoms with van der Waals surface area (Å²) in [5.41, 5.74) is 3.46. The molecular weight excluding hydrogens is 259 g/mol. The van der Waals surface area contributed by atoms with E-state index in [2.05, 4.69) is 24.0 Å². The normalized spacial score (nSPS) is 9.69. The average Bonchev–Trinajstić information content (AvgIpc) is 2.07. The van der Waals surface area contributed by atoms with Crippen molar-refractivity contribution in [1.29, 1.82) is 0 Å². The number of aryl methyl sites for hydroxylation is 2. The van der Waals surface area contributed by atoms with Crippen molar-refractivity contribution in [2.24, 2.45) is 0 Å². The molecule has 0 radical (unpaired) electrons. The van der Waals surface area contributed by atoms with Crippen molar-refractivity contribution >= 4 is 10.9 Å². The van der Waals surface area contributed by atoms with Crippen molar-refractivity contribution < 1.29 is 27.3 Å². The number of aromatic nitrogens is 1. The Hall–Kier alpha value is -0.448. The zero-order chi connectivity index (χ0) is 8.55. The number of nitrogens with zero attached hydrogens (tertiary/aromatic N) is 1. The SMILES string of the molecule is Cc1cc2ccccc2nc1C.[Cd]. The van der Waals surface area contributed by atoms with Crippen LogP contribution in [0.5, 0.6) is 0 Å². The topological polar surface area (TPSA) is 12.9 Å². The Bertz CT molecular complexity index is 383. The molecule has 0 saturated carbocycles. The second-order valence-electron chi connectivity index (χ2n) is 3.08. The van der Waals surface area contributed by atoms with E-state index >= 15 is 0 Å². The van der Waals surface area contributed by atoms with Crippen LogP contribution in [0.15, 0.2) is 30.3 Å². The molecule has 2 rings (SSSR count). The quantitative estimate of drug-likeness (QED) is 0.670. The first-order valence-corrected chi connectivity index (χ1v) is 4.10. The maximum atomic E-state index is 4.48. The Morgan fingerprint density at radius 1 is 1.08 bits per heavy atom. The van der Waals surface area contributed by atoms with Crippen LogP contribution < -0.4 is 0 Å². The van der Waals surface area contributed by atoms with Crippen molar-refractivity contribution in [2.45, 2.75) is 13.8 Å². The summed E-state index contributed by atoms with van der Waals surface area (Å²) in [7, 11) is 0. The molecule has 0 aliphatic heterocycles. The number of rotatable bonds is 0. The summed E-state index contributed by atoms with van der Waals surface area (Å²) in [5, 5.41) is 1.22. The monoisotopic (exact) mass is 271 g/mol. The zero-order valence-corrected chi connectivity index (χ0v) is 12.1. The summed E-state index contributed by atoms with van der Waals surface area (Å²) in [4.78, 5) is 4.48. The minimum absolute atomic E-state index is 0. The van der Waals surface area contributed by atoms with Crippen LogP contribution in [0, 0.1) is 13.8 Å². The molecule has 0 spiro atoms. The van der Waals surface area contributed by atoms with E-state index in [1.807, 2.05) is 25.1 Å². The number of hydrogen-bond donors (Lipinski definition) is 0. The van der Waals surface area contributed by atoms with E-state index in [4.69, 9.17) is 0 Å². The van der Waals surface area contributed by atoms with Crippen LogP contribution in [0.3, 0.4) is 0 Å². The second kappa shape index (κ2) is 4.18. The van der Waals surface area contributed by atoms with Crippen LogP contribution in [0.1, 0.15) is 11.3 Å². The molecule has 2 heteroatoms. The predicted octanol–water partition coefficient (Wildman–Crippen LogP) is 2.85. The van der Waals surface area contributed by atoms with Crippen LogP contribution in [-0.4, -0.2) is 4.98 Å². The fraction of sp³-hybridized carbons (Fsp3) is 0.182. The van der Waals surface area contributed by atoms with Gasteiger partial charge in [-0.25, -0.2) is 0 Å². The number of pyridine rings is 1. The number of fused-ring (bicyclic) bond motifs is 1. The Balaban J connectivity index is 0.000000845. The minimum atomic E-state index is 0. The molecule has 0 unspecified atom stereocenters.